The van der Waals surface area contributed by atoms with Crippen LogP contribution in [0.4, 0.5) is 11.5 Å². The predicted octanol–water partition coefficient (Wildman–Crippen LogP) is -1.24. The van der Waals surface area contributed by atoms with Gasteiger partial charge in [0.15, 0.2) is 0 Å². The summed E-state index contributed by atoms with van der Waals surface area (Å²) in [6, 6.07) is 0. The number of hydrogen-bond donors (Lipinski definition) is 4. The van der Waals surface area contributed by atoms with Crippen molar-refractivity contribution in [1.29, 1.82) is 0 Å². The standard InChI is InChI=1S/C8H10N4O3/c13-4-3-12-2-1-9-5-6(12)10-8(15)11-7(5)14/h1-2,9,13H,3-4H2,(H2,10,11,14,15). The normalized spacial score (nSPS) is 13.5. The molecular formula is C8H10N4O3. The van der Waals surface area contributed by atoms with Gasteiger partial charge in [-0.25, -0.2) is 4.79 Å². The first kappa shape index (κ1) is 9.53. The van der Waals surface area contributed by atoms with Crippen LogP contribution in [0, 0.1) is 0 Å². The number of aliphatic hydroxyl groups is 1. The van der Waals surface area contributed by atoms with E-state index < -0.39 is 11.2 Å². The molecular weight excluding hydrogens is 200 g/mol. The molecule has 0 saturated heterocycles. The summed E-state index contributed by atoms with van der Waals surface area (Å²) < 4.78 is 0. The molecule has 7 nitrogen and oxygen atoms in total. The lowest BCUT2D eigenvalue weighted by Crippen LogP contribution is -2.33. The van der Waals surface area contributed by atoms with Gasteiger partial charge in [-0.05, 0) is 0 Å². The smallest absolute Gasteiger partial charge is 0.327 e. The summed E-state index contributed by atoms with van der Waals surface area (Å²) in [5, 5.41) is 11.5. The highest BCUT2D eigenvalue weighted by molar-refractivity contribution is 5.69. The summed E-state index contributed by atoms with van der Waals surface area (Å²) in [5.74, 6) is 0.361. The Hall–Kier alpha value is -2.02. The Morgan fingerprint density at radius 2 is 2.13 bits per heavy atom. The quantitative estimate of drug-likeness (QED) is 0.489. The van der Waals surface area contributed by atoms with Crippen molar-refractivity contribution in [1.82, 2.24) is 9.97 Å². The molecule has 2 rings (SSSR count). The first-order chi connectivity index (χ1) is 7.22. The second kappa shape index (κ2) is 3.62. The molecule has 1 aromatic heterocycles. The fraction of sp³-hybridized carbons (Fsp3) is 0.250. The van der Waals surface area contributed by atoms with E-state index in [1.165, 1.54) is 0 Å². The van der Waals surface area contributed by atoms with E-state index in [2.05, 4.69) is 15.3 Å². The zero-order valence-electron chi connectivity index (χ0n) is 7.78. The van der Waals surface area contributed by atoms with Crippen molar-refractivity contribution in [3.8, 4) is 0 Å². The van der Waals surface area contributed by atoms with Crippen LogP contribution in [0.5, 0.6) is 0 Å². The number of aliphatic hydroxyl groups excluding tert-OH is 1. The number of rotatable bonds is 2. The van der Waals surface area contributed by atoms with Crippen LogP contribution in [-0.4, -0.2) is 28.2 Å². The lowest BCUT2D eigenvalue weighted by atomic mass is 10.3. The maximum absolute atomic E-state index is 11.4. The highest BCUT2D eigenvalue weighted by Gasteiger charge is 2.16. The Morgan fingerprint density at radius 1 is 1.33 bits per heavy atom. The first-order valence-corrected chi connectivity index (χ1v) is 4.39. The topological polar surface area (TPSA) is 101 Å². The van der Waals surface area contributed by atoms with Crippen LogP contribution in [0.1, 0.15) is 0 Å². The van der Waals surface area contributed by atoms with E-state index in [1.807, 2.05) is 0 Å². The average Bonchev–Trinajstić information content (AvgIpc) is 2.19. The minimum Gasteiger partial charge on any atom is -0.395 e. The first-order valence-electron chi connectivity index (χ1n) is 4.39. The lowest BCUT2D eigenvalue weighted by Gasteiger charge is -2.24. The van der Waals surface area contributed by atoms with Gasteiger partial charge in [0.1, 0.15) is 11.5 Å². The zero-order valence-corrected chi connectivity index (χ0v) is 7.78. The third kappa shape index (κ3) is 1.64. The lowest BCUT2D eigenvalue weighted by molar-refractivity contribution is 0.305. The molecule has 7 heteroatoms. The van der Waals surface area contributed by atoms with Crippen LogP contribution < -0.4 is 21.5 Å². The minimum absolute atomic E-state index is 0.0708. The molecule has 0 amide bonds. The molecule has 0 spiro atoms. The van der Waals surface area contributed by atoms with Gasteiger partial charge < -0.3 is 15.3 Å². The van der Waals surface area contributed by atoms with Gasteiger partial charge in [0, 0.05) is 18.9 Å². The van der Waals surface area contributed by atoms with Crippen molar-refractivity contribution in [2.75, 3.05) is 23.4 Å². The van der Waals surface area contributed by atoms with Crippen molar-refractivity contribution < 1.29 is 5.11 Å². The van der Waals surface area contributed by atoms with E-state index in [0.717, 1.165) is 0 Å². The molecule has 0 saturated carbocycles. The van der Waals surface area contributed by atoms with Gasteiger partial charge >= 0.3 is 5.69 Å². The van der Waals surface area contributed by atoms with Gasteiger partial charge in [0.2, 0.25) is 0 Å². The van der Waals surface area contributed by atoms with E-state index in [9.17, 15) is 9.59 Å². The summed E-state index contributed by atoms with van der Waals surface area (Å²) in [6.45, 7) is 0.239. The summed E-state index contributed by atoms with van der Waals surface area (Å²) in [7, 11) is 0. The Morgan fingerprint density at radius 3 is 2.87 bits per heavy atom. The fourth-order valence-corrected chi connectivity index (χ4v) is 1.40. The van der Waals surface area contributed by atoms with E-state index >= 15 is 0 Å². The molecule has 4 N–H and O–H groups in total. The van der Waals surface area contributed by atoms with Crippen molar-refractivity contribution in [2.24, 2.45) is 0 Å². The van der Waals surface area contributed by atoms with Crippen LogP contribution >= 0.6 is 0 Å². The van der Waals surface area contributed by atoms with Crippen LogP contribution in [-0.2, 0) is 0 Å². The molecule has 2 heterocycles. The third-order valence-electron chi connectivity index (χ3n) is 2.03. The molecule has 0 unspecified atom stereocenters. The Labute approximate surface area is 84.1 Å². The van der Waals surface area contributed by atoms with Gasteiger partial charge in [-0.1, -0.05) is 0 Å². The molecule has 15 heavy (non-hydrogen) atoms. The van der Waals surface area contributed by atoms with Gasteiger partial charge in [-0.15, -0.1) is 0 Å². The Bertz CT molecular complexity index is 501. The van der Waals surface area contributed by atoms with Crippen LogP contribution in [0.2, 0.25) is 0 Å². The average molecular weight is 210 g/mol. The molecule has 1 aliphatic heterocycles. The van der Waals surface area contributed by atoms with E-state index in [-0.39, 0.29) is 12.3 Å². The summed E-state index contributed by atoms with van der Waals surface area (Å²) in [4.78, 5) is 28.6. The van der Waals surface area contributed by atoms with E-state index in [1.54, 1.807) is 17.3 Å². The summed E-state index contributed by atoms with van der Waals surface area (Å²) in [6.07, 6.45) is 3.19. The monoisotopic (exact) mass is 210 g/mol. The molecule has 1 aromatic rings. The second-order valence-corrected chi connectivity index (χ2v) is 3.01. The Kier molecular flexibility index (Phi) is 2.30. The number of fused-ring (bicyclic) bond motifs is 1. The molecule has 0 bridgehead atoms. The molecule has 0 fully saturated rings. The van der Waals surface area contributed by atoms with Crippen molar-refractivity contribution in [2.45, 2.75) is 0 Å². The molecule has 0 aliphatic carbocycles. The molecule has 0 aromatic carbocycles. The number of H-pyrrole nitrogens is 2. The van der Waals surface area contributed by atoms with Gasteiger partial charge in [-0.2, -0.15) is 0 Å². The largest absolute Gasteiger partial charge is 0.395 e. The molecule has 0 radical (unpaired) electrons. The van der Waals surface area contributed by atoms with Gasteiger partial charge in [0.05, 0.1) is 6.61 Å². The number of aromatic amines is 2. The molecule has 80 valence electrons. The number of nitrogens with zero attached hydrogens (tertiary/aromatic N) is 1. The van der Waals surface area contributed by atoms with Crippen molar-refractivity contribution in [3.05, 3.63) is 33.2 Å². The third-order valence-corrected chi connectivity index (χ3v) is 2.03. The van der Waals surface area contributed by atoms with Crippen molar-refractivity contribution in [3.63, 3.8) is 0 Å². The highest BCUT2D eigenvalue weighted by Crippen LogP contribution is 2.20. The van der Waals surface area contributed by atoms with Crippen LogP contribution in [0.3, 0.4) is 0 Å². The molecule has 1 aliphatic rings. The van der Waals surface area contributed by atoms with E-state index in [0.29, 0.717) is 12.4 Å². The van der Waals surface area contributed by atoms with E-state index in [4.69, 9.17) is 5.11 Å². The zero-order chi connectivity index (χ0) is 10.8. The van der Waals surface area contributed by atoms with Gasteiger partial charge in [0.25, 0.3) is 5.56 Å². The van der Waals surface area contributed by atoms with Crippen molar-refractivity contribution >= 4 is 11.5 Å². The van der Waals surface area contributed by atoms with Crippen LogP contribution in [0.25, 0.3) is 0 Å². The maximum atomic E-state index is 11.4. The maximum Gasteiger partial charge on any atom is 0.327 e. The number of β-amino-alcohol motifs (C(OH)–C–C–N with tert-alkyl or cyclic N) is 1. The minimum atomic E-state index is -0.571. The number of aromatic nitrogens is 2. The Balaban J connectivity index is 2.55. The predicted molar refractivity (Wildman–Crippen MR) is 54.9 cm³/mol. The molecule has 0 atom stereocenters. The summed E-state index contributed by atoms with van der Waals surface area (Å²) >= 11 is 0. The highest BCUT2D eigenvalue weighted by atomic mass is 16.3. The fourth-order valence-electron chi connectivity index (χ4n) is 1.40. The summed E-state index contributed by atoms with van der Waals surface area (Å²) in [5.41, 5.74) is -0.787. The number of anilines is 2. The number of nitrogens with one attached hydrogen (secondary N) is 3. The number of hydrogen-bond acceptors (Lipinski definition) is 5. The SMILES string of the molecule is O=c1[nH]c2c(c(=O)[nH]1)NC=CN2CCO. The second-order valence-electron chi connectivity index (χ2n) is 3.01. The van der Waals surface area contributed by atoms with Crippen LogP contribution in [0.15, 0.2) is 22.0 Å². The van der Waals surface area contributed by atoms with Gasteiger partial charge in [-0.3, -0.25) is 14.8 Å².